The van der Waals surface area contributed by atoms with Crippen LogP contribution in [-0.4, -0.2) is 8.80 Å². The number of hydrogen-bond acceptors (Lipinski definition) is 0. The highest BCUT2D eigenvalue weighted by Crippen LogP contribution is 2.12. The minimum atomic E-state index is -0.323. The van der Waals surface area contributed by atoms with Gasteiger partial charge in [0.15, 0.2) is 0 Å². The third-order valence-electron chi connectivity index (χ3n) is 2.17. The summed E-state index contributed by atoms with van der Waals surface area (Å²) in [7, 11) is -0.323. The molecule has 0 spiro atoms. The van der Waals surface area contributed by atoms with Crippen LogP contribution < -0.4 is 0 Å². The van der Waals surface area contributed by atoms with Crippen molar-refractivity contribution >= 4 is 8.80 Å². The maximum absolute atomic E-state index is 3.78. The van der Waals surface area contributed by atoms with Gasteiger partial charge in [-0.15, -0.1) is 6.58 Å². The molecule has 0 rings (SSSR count). The van der Waals surface area contributed by atoms with Crippen molar-refractivity contribution in [1.29, 1.82) is 0 Å². The largest absolute Gasteiger partial charge is 0.103 e. The van der Waals surface area contributed by atoms with Crippen LogP contribution in [0.4, 0.5) is 0 Å². The van der Waals surface area contributed by atoms with E-state index in [9.17, 15) is 0 Å². The summed E-state index contributed by atoms with van der Waals surface area (Å²) in [5, 5.41) is 0. The van der Waals surface area contributed by atoms with Crippen LogP contribution >= 0.6 is 0 Å². The molecule has 0 amide bonds. The first kappa shape index (κ1) is 11.0. The smallest absolute Gasteiger partial charge is 0.0370 e. The first-order valence-electron chi connectivity index (χ1n) is 4.96. The van der Waals surface area contributed by atoms with Crippen molar-refractivity contribution in [3.8, 4) is 0 Å². The fourth-order valence-electron chi connectivity index (χ4n) is 1.60. The quantitative estimate of drug-likeness (QED) is 0.404. The predicted molar refractivity (Wildman–Crippen MR) is 57.0 cm³/mol. The molecule has 0 aliphatic rings. The molecule has 11 heavy (non-hydrogen) atoms. The second-order valence-corrected chi connectivity index (χ2v) is 6.77. The molecule has 0 unspecified atom stereocenters. The lowest BCUT2D eigenvalue weighted by atomic mass is 10.5. The van der Waals surface area contributed by atoms with Crippen LogP contribution in [-0.2, 0) is 0 Å². The SMILES string of the molecule is C=CCC[SiH](CCC)CCC. The Bertz CT molecular complexity index is 82.9. The number of allylic oxidation sites excluding steroid dienone is 1. The highest BCUT2D eigenvalue weighted by atomic mass is 28.3. The van der Waals surface area contributed by atoms with Gasteiger partial charge in [-0.3, -0.25) is 0 Å². The van der Waals surface area contributed by atoms with E-state index in [-0.39, 0.29) is 8.80 Å². The van der Waals surface area contributed by atoms with E-state index in [1.54, 1.807) is 12.1 Å². The van der Waals surface area contributed by atoms with Gasteiger partial charge in [0, 0.05) is 8.80 Å². The molecule has 0 nitrogen and oxygen atoms in total. The highest BCUT2D eigenvalue weighted by molar-refractivity contribution is 6.58. The Labute approximate surface area is 73.3 Å². The maximum atomic E-state index is 3.78. The van der Waals surface area contributed by atoms with Crippen LogP contribution in [0, 0.1) is 0 Å². The van der Waals surface area contributed by atoms with E-state index in [4.69, 9.17) is 0 Å². The van der Waals surface area contributed by atoms with Gasteiger partial charge >= 0.3 is 0 Å². The topological polar surface area (TPSA) is 0 Å². The van der Waals surface area contributed by atoms with E-state index in [0.29, 0.717) is 0 Å². The molecule has 0 aromatic carbocycles. The molecular weight excluding hydrogens is 148 g/mol. The predicted octanol–water partition coefficient (Wildman–Crippen LogP) is 3.61. The van der Waals surface area contributed by atoms with E-state index < -0.39 is 0 Å². The third kappa shape index (κ3) is 6.36. The van der Waals surface area contributed by atoms with E-state index >= 15 is 0 Å². The van der Waals surface area contributed by atoms with Crippen molar-refractivity contribution in [2.24, 2.45) is 0 Å². The fourth-order valence-corrected chi connectivity index (χ4v) is 4.81. The minimum absolute atomic E-state index is 0.323. The summed E-state index contributed by atoms with van der Waals surface area (Å²) < 4.78 is 0. The standard InChI is InChI=1S/C10H22Si/c1-4-7-10-11(8-5-2)9-6-3/h4,11H,1,5-10H2,2-3H3. The average molecular weight is 170 g/mol. The summed E-state index contributed by atoms with van der Waals surface area (Å²) in [6.45, 7) is 8.39. The summed E-state index contributed by atoms with van der Waals surface area (Å²) in [4.78, 5) is 0. The highest BCUT2D eigenvalue weighted by Gasteiger charge is 2.06. The molecule has 0 heterocycles. The number of rotatable bonds is 7. The Balaban J connectivity index is 3.41. The molecule has 0 aliphatic heterocycles. The molecular formula is C10H22Si. The summed E-state index contributed by atoms with van der Waals surface area (Å²) >= 11 is 0. The Kier molecular flexibility index (Phi) is 8.03. The molecule has 0 saturated carbocycles. The van der Waals surface area contributed by atoms with Gasteiger partial charge < -0.3 is 0 Å². The normalized spacial score (nSPS) is 10.5. The van der Waals surface area contributed by atoms with E-state index in [0.717, 1.165) is 0 Å². The lowest BCUT2D eigenvalue weighted by Gasteiger charge is -2.11. The van der Waals surface area contributed by atoms with Crippen LogP contribution in [0.2, 0.25) is 18.1 Å². The first-order valence-corrected chi connectivity index (χ1v) is 7.40. The van der Waals surface area contributed by atoms with Crippen LogP contribution in [0.15, 0.2) is 12.7 Å². The van der Waals surface area contributed by atoms with Crippen molar-refractivity contribution in [3.63, 3.8) is 0 Å². The lowest BCUT2D eigenvalue weighted by molar-refractivity contribution is 0.978. The molecule has 1 heteroatoms. The Morgan fingerprint density at radius 3 is 2.00 bits per heavy atom. The van der Waals surface area contributed by atoms with Gasteiger partial charge in [-0.05, 0) is 6.42 Å². The second-order valence-electron chi connectivity index (χ2n) is 3.31. The average Bonchev–Trinajstić information content (AvgIpc) is 2.01. The summed E-state index contributed by atoms with van der Waals surface area (Å²) in [5.74, 6) is 0. The van der Waals surface area contributed by atoms with Gasteiger partial charge in [-0.2, -0.15) is 0 Å². The van der Waals surface area contributed by atoms with Gasteiger partial charge in [0.25, 0.3) is 0 Å². The molecule has 0 atom stereocenters. The van der Waals surface area contributed by atoms with Gasteiger partial charge in [-0.1, -0.05) is 50.9 Å². The van der Waals surface area contributed by atoms with E-state index in [1.165, 1.54) is 25.3 Å². The van der Waals surface area contributed by atoms with Crippen molar-refractivity contribution < 1.29 is 0 Å². The van der Waals surface area contributed by atoms with Crippen molar-refractivity contribution in [3.05, 3.63) is 12.7 Å². The Hall–Kier alpha value is -0.0431. The molecule has 66 valence electrons. The maximum Gasteiger partial charge on any atom is 0.0370 e. The lowest BCUT2D eigenvalue weighted by Crippen LogP contribution is -2.10. The van der Waals surface area contributed by atoms with Crippen LogP contribution in [0.1, 0.15) is 33.1 Å². The van der Waals surface area contributed by atoms with E-state index in [1.807, 2.05) is 0 Å². The van der Waals surface area contributed by atoms with Gasteiger partial charge in [0.05, 0.1) is 0 Å². The molecule has 0 N–H and O–H groups in total. The van der Waals surface area contributed by atoms with Gasteiger partial charge in [-0.25, -0.2) is 0 Å². The molecule has 0 radical (unpaired) electrons. The van der Waals surface area contributed by atoms with Crippen LogP contribution in [0.3, 0.4) is 0 Å². The molecule has 0 aromatic rings. The van der Waals surface area contributed by atoms with E-state index in [2.05, 4.69) is 26.5 Å². The fraction of sp³-hybridized carbons (Fsp3) is 0.800. The number of hydrogen-bond donors (Lipinski definition) is 0. The van der Waals surface area contributed by atoms with Crippen molar-refractivity contribution in [2.45, 2.75) is 51.2 Å². The van der Waals surface area contributed by atoms with Crippen molar-refractivity contribution in [1.82, 2.24) is 0 Å². The molecule has 0 fully saturated rings. The summed E-state index contributed by atoms with van der Waals surface area (Å²) in [6, 6.07) is 4.58. The zero-order valence-corrected chi connectivity index (χ0v) is 9.26. The zero-order chi connectivity index (χ0) is 8.53. The third-order valence-corrected chi connectivity index (χ3v) is 6.11. The molecule has 0 saturated heterocycles. The van der Waals surface area contributed by atoms with Crippen molar-refractivity contribution in [2.75, 3.05) is 0 Å². The zero-order valence-electron chi connectivity index (χ0n) is 8.10. The van der Waals surface area contributed by atoms with Gasteiger partial charge in [0.1, 0.15) is 0 Å². The minimum Gasteiger partial charge on any atom is -0.103 e. The van der Waals surface area contributed by atoms with Crippen LogP contribution in [0.25, 0.3) is 0 Å². The first-order chi connectivity index (χ1) is 5.35. The molecule has 0 bridgehead atoms. The Morgan fingerprint density at radius 1 is 1.09 bits per heavy atom. The second kappa shape index (κ2) is 8.06. The van der Waals surface area contributed by atoms with Gasteiger partial charge in [0.2, 0.25) is 0 Å². The van der Waals surface area contributed by atoms with Crippen LogP contribution in [0.5, 0.6) is 0 Å². The summed E-state index contributed by atoms with van der Waals surface area (Å²) in [6.07, 6.45) is 6.13. The molecule has 0 aromatic heterocycles. The summed E-state index contributed by atoms with van der Waals surface area (Å²) in [5.41, 5.74) is 0. The molecule has 0 aliphatic carbocycles. The Morgan fingerprint density at radius 2 is 1.64 bits per heavy atom. The monoisotopic (exact) mass is 170 g/mol.